The normalized spacial score (nSPS) is 15.7. The number of ether oxygens (including phenoxy) is 1. The van der Waals surface area contributed by atoms with Crippen molar-refractivity contribution in [2.45, 2.75) is 45.4 Å². The molecule has 0 radical (unpaired) electrons. The number of methoxy groups -OCH3 is 1. The Balaban J connectivity index is 1.18. The second-order valence-corrected chi connectivity index (χ2v) is 9.64. The van der Waals surface area contributed by atoms with Gasteiger partial charge in [0, 0.05) is 50.0 Å². The van der Waals surface area contributed by atoms with Crippen molar-refractivity contribution < 1.29 is 14.3 Å². The van der Waals surface area contributed by atoms with E-state index in [2.05, 4.69) is 30.0 Å². The molecule has 0 N–H and O–H groups in total. The van der Waals surface area contributed by atoms with Crippen molar-refractivity contribution in [1.82, 2.24) is 9.88 Å². The lowest BCUT2D eigenvalue weighted by atomic mass is 9.89. The van der Waals surface area contributed by atoms with Crippen LogP contribution in [0.15, 0.2) is 42.5 Å². The first kappa shape index (κ1) is 23.3. The smallest absolute Gasteiger partial charge is 0.223 e. The third-order valence-electron chi connectivity index (χ3n) is 7.41. The lowest BCUT2D eigenvalue weighted by molar-refractivity contribution is -0.131. The van der Waals surface area contributed by atoms with E-state index >= 15 is 0 Å². The Bertz CT molecular complexity index is 1260. The number of hydrogen-bond donors (Lipinski definition) is 0. The molecule has 0 unspecified atom stereocenters. The van der Waals surface area contributed by atoms with Crippen molar-refractivity contribution in [1.29, 1.82) is 0 Å². The average Bonchev–Trinajstić information content (AvgIpc) is 2.91. The molecule has 2 aromatic carbocycles. The van der Waals surface area contributed by atoms with Crippen LogP contribution < -0.4 is 9.64 Å². The number of carbonyl (C=O) groups excluding carboxylic acids is 2. The van der Waals surface area contributed by atoms with Gasteiger partial charge in [0.2, 0.25) is 5.91 Å². The number of nitrogens with zero attached hydrogens (tertiary/aromatic N) is 3. The van der Waals surface area contributed by atoms with E-state index in [9.17, 15) is 9.59 Å². The van der Waals surface area contributed by atoms with Gasteiger partial charge in [-0.05, 0) is 67.5 Å². The molecule has 35 heavy (non-hydrogen) atoms. The second-order valence-electron chi connectivity index (χ2n) is 9.64. The van der Waals surface area contributed by atoms with Gasteiger partial charge in [-0.1, -0.05) is 24.3 Å². The fourth-order valence-electron chi connectivity index (χ4n) is 5.32. The zero-order valence-electron chi connectivity index (χ0n) is 20.7. The maximum atomic E-state index is 12.8. The summed E-state index contributed by atoms with van der Waals surface area (Å²) in [4.78, 5) is 34.6. The van der Waals surface area contributed by atoms with Gasteiger partial charge in [-0.2, -0.15) is 0 Å². The number of fused-ring (bicyclic) bond motifs is 2. The molecular weight excluding hydrogens is 438 g/mol. The van der Waals surface area contributed by atoms with E-state index < -0.39 is 0 Å². The van der Waals surface area contributed by atoms with E-state index in [0.29, 0.717) is 13.1 Å². The van der Waals surface area contributed by atoms with Crippen LogP contribution in [-0.4, -0.2) is 54.9 Å². The number of ketones is 1. The number of aryl methyl sites for hydroxylation is 3. The molecule has 3 aromatic rings. The highest BCUT2D eigenvalue weighted by Crippen LogP contribution is 2.29. The van der Waals surface area contributed by atoms with Crippen molar-refractivity contribution in [3.63, 3.8) is 0 Å². The average molecular weight is 472 g/mol. The van der Waals surface area contributed by atoms with E-state index in [1.807, 2.05) is 29.2 Å². The van der Waals surface area contributed by atoms with Crippen LogP contribution >= 0.6 is 0 Å². The van der Waals surface area contributed by atoms with Gasteiger partial charge >= 0.3 is 0 Å². The summed E-state index contributed by atoms with van der Waals surface area (Å²) in [5.74, 6) is 1.80. The predicted molar refractivity (Wildman–Crippen MR) is 138 cm³/mol. The largest absolute Gasteiger partial charge is 0.494 e. The first-order valence-corrected chi connectivity index (χ1v) is 12.7. The number of hydrogen-bond acceptors (Lipinski definition) is 5. The molecule has 2 aliphatic rings. The zero-order valence-corrected chi connectivity index (χ0v) is 20.7. The zero-order chi connectivity index (χ0) is 24.4. The summed E-state index contributed by atoms with van der Waals surface area (Å²) in [6.45, 7) is 4.80. The van der Waals surface area contributed by atoms with Gasteiger partial charge in [0.05, 0.1) is 7.11 Å². The van der Waals surface area contributed by atoms with Crippen LogP contribution in [-0.2, 0) is 17.6 Å². The molecule has 6 nitrogen and oxygen atoms in total. The Labute approximate surface area is 206 Å². The van der Waals surface area contributed by atoms with Crippen LogP contribution in [0, 0.1) is 6.92 Å². The molecule has 1 fully saturated rings. The van der Waals surface area contributed by atoms with Crippen molar-refractivity contribution in [3.8, 4) is 5.75 Å². The minimum Gasteiger partial charge on any atom is -0.494 e. The van der Waals surface area contributed by atoms with Crippen LogP contribution in [0.3, 0.4) is 0 Å². The van der Waals surface area contributed by atoms with Gasteiger partial charge in [0.15, 0.2) is 5.78 Å². The molecule has 6 heteroatoms. The molecule has 1 aliphatic carbocycles. The third-order valence-corrected chi connectivity index (χ3v) is 7.41. The van der Waals surface area contributed by atoms with E-state index in [1.54, 1.807) is 7.11 Å². The molecule has 0 saturated carbocycles. The fraction of sp³-hybridized carbons (Fsp3) is 0.414. The minimum absolute atomic E-state index is 0.0558. The monoisotopic (exact) mass is 471 g/mol. The summed E-state index contributed by atoms with van der Waals surface area (Å²) in [6, 6.07) is 14.2. The summed E-state index contributed by atoms with van der Waals surface area (Å²) in [5.41, 5.74) is 5.44. The molecule has 1 saturated heterocycles. The molecule has 0 spiro atoms. The number of Topliss-reactive ketones (excluding diaryl/α,β-unsaturated/α-hetero) is 1. The highest BCUT2D eigenvalue weighted by Gasteiger charge is 2.23. The van der Waals surface area contributed by atoms with Gasteiger partial charge in [0.1, 0.15) is 17.1 Å². The molecule has 0 atom stereocenters. The molecule has 2 heterocycles. The van der Waals surface area contributed by atoms with Crippen LogP contribution in [0.1, 0.15) is 52.7 Å². The lowest BCUT2D eigenvalue weighted by Gasteiger charge is -2.35. The molecule has 1 aliphatic heterocycles. The van der Waals surface area contributed by atoms with Crippen molar-refractivity contribution in [2.75, 3.05) is 38.2 Å². The molecule has 182 valence electrons. The standard InChI is InChI=1S/C29H33N3O3/c1-20-18-27(30-29-24(20)8-5-9-26(29)35-2)31-14-16-32(17-15-31)28(34)13-12-25(33)23-11-10-21-6-3-4-7-22(21)19-23/h5,8-11,18-19H,3-4,6-7,12-17H2,1-2H3. The van der Waals surface area contributed by atoms with Crippen molar-refractivity contribution in [2.24, 2.45) is 0 Å². The topological polar surface area (TPSA) is 62.7 Å². The first-order valence-electron chi connectivity index (χ1n) is 12.7. The summed E-state index contributed by atoms with van der Waals surface area (Å²) in [6.07, 6.45) is 5.11. The number of piperazine rings is 1. The van der Waals surface area contributed by atoms with Crippen molar-refractivity contribution in [3.05, 3.63) is 64.7 Å². The number of amides is 1. The number of carbonyl (C=O) groups is 2. The number of para-hydroxylation sites is 1. The second kappa shape index (κ2) is 10.1. The Morgan fingerprint density at radius 2 is 1.71 bits per heavy atom. The Kier molecular flexibility index (Phi) is 6.71. The molecular formula is C29H33N3O3. The van der Waals surface area contributed by atoms with Gasteiger partial charge in [-0.15, -0.1) is 0 Å². The van der Waals surface area contributed by atoms with Crippen LogP contribution in [0.5, 0.6) is 5.75 Å². The highest BCUT2D eigenvalue weighted by atomic mass is 16.5. The van der Waals surface area contributed by atoms with Crippen LogP contribution in [0.25, 0.3) is 10.9 Å². The lowest BCUT2D eigenvalue weighted by Crippen LogP contribution is -2.49. The fourth-order valence-corrected chi connectivity index (χ4v) is 5.32. The first-order chi connectivity index (χ1) is 17.0. The highest BCUT2D eigenvalue weighted by molar-refractivity contribution is 5.98. The van der Waals surface area contributed by atoms with Gasteiger partial charge in [-0.25, -0.2) is 4.98 Å². The number of pyridine rings is 1. The summed E-state index contributed by atoms with van der Waals surface area (Å²) in [5, 5.41) is 1.09. The summed E-state index contributed by atoms with van der Waals surface area (Å²) < 4.78 is 5.52. The number of rotatable bonds is 6. The number of aromatic nitrogens is 1. The Morgan fingerprint density at radius 1 is 0.943 bits per heavy atom. The van der Waals surface area contributed by atoms with Gasteiger partial charge < -0.3 is 14.5 Å². The van der Waals surface area contributed by atoms with E-state index in [4.69, 9.17) is 9.72 Å². The van der Waals surface area contributed by atoms with Crippen molar-refractivity contribution >= 4 is 28.4 Å². The maximum Gasteiger partial charge on any atom is 0.223 e. The van der Waals surface area contributed by atoms with Gasteiger partial charge in [-0.3, -0.25) is 9.59 Å². The number of anilines is 1. The van der Waals surface area contributed by atoms with Crippen LogP contribution in [0.2, 0.25) is 0 Å². The van der Waals surface area contributed by atoms with E-state index in [0.717, 1.165) is 59.5 Å². The van der Waals surface area contributed by atoms with Crippen LogP contribution in [0.4, 0.5) is 5.82 Å². The summed E-state index contributed by atoms with van der Waals surface area (Å²) in [7, 11) is 1.67. The number of benzene rings is 2. The molecule has 1 aromatic heterocycles. The van der Waals surface area contributed by atoms with Gasteiger partial charge in [0.25, 0.3) is 0 Å². The maximum absolute atomic E-state index is 12.8. The third kappa shape index (κ3) is 4.88. The van der Waals surface area contributed by atoms with E-state index in [-0.39, 0.29) is 24.5 Å². The Hall–Kier alpha value is -3.41. The molecule has 5 rings (SSSR count). The Morgan fingerprint density at radius 3 is 2.49 bits per heavy atom. The minimum atomic E-state index is 0.0558. The molecule has 1 amide bonds. The molecule has 0 bridgehead atoms. The quantitative estimate of drug-likeness (QED) is 0.486. The SMILES string of the molecule is COc1cccc2c(C)cc(N3CCN(C(=O)CCC(=O)c4ccc5c(c4)CCCC5)CC3)nc12. The predicted octanol–water partition coefficient (Wildman–Crippen LogP) is 4.74. The summed E-state index contributed by atoms with van der Waals surface area (Å²) >= 11 is 0. The van der Waals surface area contributed by atoms with E-state index in [1.165, 1.54) is 24.0 Å².